The van der Waals surface area contributed by atoms with Gasteiger partial charge in [0.1, 0.15) is 0 Å². The molecule has 2 fully saturated rings. The van der Waals surface area contributed by atoms with Gasteiger partial charge < -0.3 is 24.8 Å². The number of ether oxygens (including phenoxy) is 3. The Hall–Kier alpha value is -1.63. The van der Waals surface area contributed by atoms with Gasteiger partial charge in [0.25, 0.3) is 0 Å². The average Bonchev–Trinajstić information content (AvgIpc) is 3.27. The standard InChI is InChI=1S/C23H37N3O3/c1-18-6-8-20(9-7-18)22-21(5-3-13-29-22)15-26-23(24-2)25-11-4-12-27-16-19-10-14-28-17-19/h6-9,19,21-22H,3-5,10-17H2,1-2H3,(H2,24,25,26). The Morgan fingerprint density at radius 3 is 2.79 bits per heavy atom. The number of benzene rings is 1. The molecule has 29 heavy (non-hydrogen) atoms. The maximum absolute atomic E-state index is 6.12. The SMILES string of the molecule is CN=C(NCCCOCC1CCOC1)NCC1CCCOC1c1ccc(C)cc1. The lowest BCUT2D eigenvalue weighted by molar-refractivity contribution is -0.0265. The summed E-state index contributed by atoms with van der Waals surface area (Å²) in [5.41, 5.74) is 2.55. The molecule has 0 radical (unpaired) electrons. The molecule has 0 amide bonds. The first-order valence-corrected chi connectivity index (χ1v) is 11.0. The van der Waals surface area contributed by atoms with Crippen molar-refractivity contribution in [2.24, 2.45) is 16.8 Å². The molecule has 162 valence electrons. The predicted octanol–water partition coefficient (Wildman–Crippen LogP) is 3.07. The average molecular weight is 404 g/mol. The van der Waals surface area contributed by atoms with Crippen LogP contribution in [0.4, 0.5) is 0 Å². The van der Waals surface area contributed by atoms with E-state index in [1.165, 1.54) is 17.5 Å². The second kappa shape index (κ2) is 12.2. The van der Waals surface area contributed by atoms with Crippen molar-refractivity contribution < 1.29 is 14.2 Å². The molecule has 2 saturated heterocycles. The molecule has 3 rings (SSSR count). The van der Waals surface area contributed by atoms with Crippen LogP contribution in [0.2, 0.25) is 0 Å². The van der Waals surface area contributed by atoms with Crippen LogP contribution in [-0.2, 0) is 14.2 Å². The Morgan fingerprint density at radius 2 is 2.03 bits per heavy atom. The largest absolute Gasteiger partial charge is 0.381 e. The molecule has 0 aromatic heterocycles. The van der Waals surface area contributed by atoms with Crippen molar-refractivity contribution >= 4 is 5.96 Å². The van der Waals surface area contributed by atoms with E-state index in [1.54, 1.807) is 0 Å². The Kier molecular flexibility index (Phi) is 9.25. The number of hydrogen-bond donors (Lipinski definition) is 2. The van der Waals surface area contributed by atoms with Gasteiger partial charge in [0.2, 0.25) is 0 Å². The van der Waals surface area contributed by atoms with Crippen LogP contribution in [0.5, 0.6) is 0 Å². The molecule has 0 spiro atoms. The molecule has 2 N–H and O–H groups in total. The molecule has 2 aliphatic rings. The molecule has 0 saturated carbocycles. The number of guanidine groups is 1. The van der Waals surface area contributed by atoms with Crippen molar-refractivity contribution in [2.45, 2.75) is 38.7 Å². The lowest BCUT2D eigenvalue weighted by atomic mass is 9.89. The summed E-state index contributed by atoms with van der Waals surface area (Å²) in [6, 6.07) is 8.73. The number of aliphatic imine (C=N–C) groups is 1. The van der Waals surface area contributed by atoms with Crippen molar-refractivity contribution in [1.82, 2.24) is 10.6 Å². The third-order valence-corrected chi connectivity index (χ3v) is 5.74. The van der Waals surface area contributed by atoms with E-state index in [9.17, 15) is 0 Å². The molecule has 3 unspecified atom stereocenters. The van der Waals surface area contributed by atoms with Crippen molar-refractivity contribution in [3.05, 3.63) is 35.4 Å². The van der Waals surface area contributed by atoms with Gasteiger partial charge in [0.05, 0.1) is 19.3 Å². The van der Waals surface area contributed by atoms with Crippen LogP contribution in [0, 0.1) is 18.8 Å². The molecule has 1 aromatic rings. The lowest BCUT2D eigenvalue weighted by Crippen LogP contribution is -2.42. The summed E-state index contributed by atoms with van der Waals surface area (Å²) in [5, 5.41) is 6.88. The fourth-order valence-corrected chi connectivity index (χ4v) is 3.97. The maximum Gasteiger partial charge on any atom is 0.190 e. The second-order valence-corrected chi connectivity index (χ2v) is 8.14. The van der Waals surface area contributed by atoms with Crippen LogP contribution in [0.25, 0.3) is 0 Å². The Bertz CT molecular complexity index is 614. The van der Waals surface area contributed by atoms with E-state index in [1.807, 2.05) is 7.05 Å². The van der Waals surface area contributed by atoms with Crippen LogP contribution in [0.3, 0.4) is 0 Å². The molecule has 3 atom stereocenters. The number of aryl methyl sites for hydroxylation is 1. The first-order chi connectivity index (χ1) is 14.3. The normalized spacial score (nSPS) is 25.2. The van der Waals surface area contributed by atoms with Gasteiger partial charge in [-0.05, 0) is 38.2 Å². The highest BCUT2D eigenvalue weighted by Gasteiger charge is 2.27. The molecule has 0 aliphatic carbocycles. The third kappa shape index (κ3) is 7.28. The minimum absolute atomic E-state index is 0.155. The summed E-state index contributed by atoms with van der Waals surface area (Å²) in [7, 11) is 1.82. The van der Waals surface area contributed by atoms with Gasteiger partial charge in [-0.2, -0.15) is 0 Å². The van der Waals surface area contributed by atoms with E-state index in [0.29, 0.717) is 11.8 Å². The highest BCUT2D eigenvalue weighted by atomic mass is 16.5. The molecule has 1 aromatic carbocycles. The van der Waals surface area contributed by atoms with Gasteiger partial charge in [-0.3, -0.25) is 4.99 Å². The van der Waals surface area contributed by atoms with Crippen molar-refractivity contribution in [1.29, 1.82) is 0 Å². The second-order valence-electron chi connectivity index (χ2n) is 8.14. The van der Waals surface area contributed by atoms with E-state index < -0.39 is 0 Å². The maximum atomic E-state index is 6.12. The van der Waals surface area contributed by atoms with E-state index in [2.05, 4.69) is 46.8 Å². The van der Waals surface area contributed by atoms with Gasteiger partial charge in [-0.15, -0.1) is 0 Å². The molecule has 2 heterocycles. The van der Waals surface area contributed by atoms with E-state index in [0.717, 1.165) is 71.3 Å². The summed E-state index contributed by atoms with van der Waals surface area (Å²) in [6.07, 6.45) is 4.53. The predicted molar refractivity (Wildman–Crippen MR) is 116 cm³/mol. The van der Waals surface area contributed by atoms with Crippen LogP contribution in [0.1, 0.15) is 42.9 Å². The number of nitrogens with zero attached hydrogens (tertiary/aromatic N) is 1. The van der Waals surface area contributed by atoms with Crippen LogP contribution in [0.15, 0.2) is 29.3 Å². The van der Waals surface area contributed by atoms with Gasteiger partial charge in [-0.1, -0.05) is 29.8 Å². The minimum atomic E-state index is 0.155. The number of hydrogen-bond acceptors (Lipinski definition) is 4. The van der Waals surface area contributed by atoms with Gasteiger partial charge in [0.15, 0.2) is 5.96 Å². The fourth-order valence-electron chi connectivity index (χ4n) is 3.97. The zero-order chi connectivity index (χ0) is 20.3. The Labute approximate surface area is 175 Å². The summed E-state index contributed by atoms with van der Waals surface area (Å²) in [4.78, 5) is 4.36. The van der Waals surface area contributed by atoms with Crippen LogP contribution < -0.4 is 10.6 Å². The first-order valence-electron chi connectivity index (χ1n) is 11.0. The smallest absolute Gasteiger partial charge is 0.190 e. The summed E-state index contributed by atoms with van der Waals surface area (Å²) >= 11 is 0. The highest BCUT2D eigenvalue weighted by molar-refractivity contribution is 5.79. The van der Waals surface area contributed by atoms with E-state index in [4.69, 9.17) is 14.2 Å². The zero-order valence-electron chi connectivity index (χ0n) is 18.0. The Morgan fingerprint density at radius 1 is 1.17 bits per heavy atom. The van der Waals surface area contributed by atoms with Gasteiger partial charge in [-0.25, -0.2) is 0 Å². The van der Waals surface area contributed by atoms with Crippen molar-refractivity contribution in [3.63, 3.8) is 0 Å². The molecular formula is C23H37N3O3. The third-order valence-electron chi connectivity index (χ3n) is 5.74. The number of rotatable bonds is 9. The van der Waals surface area contributed by atoms with Crippen LogP contribution >= 0.6 is 0 Å². The zero-order valence-corrected chi connectivity index (χ0v) is 18.0. The van der Waals surface area contributed by atoms with Gasteiger partial charge in [0, 0.05) is 51.8 Å². The first kappa shape index (κ1) is 22.1. The molecule has 2 aliphatic heterocycles. The van der Waals surface area contributed by atoms with Crippen molar-refractivity contribution in [2.75, 3.05) is 53.2 Å². The summed E-state index contributed by atoms with van der Waals surface area (Å²) in [5.74, 6) is 1.88. The van der Waals surface area contributed by atoms with Crippen LogP contribution in [-0.4, -0.2) is 59.1 Å². The fraction of sp³-hybridized carbons (Fsp3) is 0.696. The number of nitrogens with one attached hydrogen (secondary N) is 2. The Balaban J connectivity index is 1.35. The van der Waals surface area contributed by atoms with Crippen molar-refractivity contribution in [3.8, 4) is 0 Å². The quantitative estimate of drug-likeness (QED) is 0.377. The molecule has 6 nitrogen and oxygen atoms in total. The summed E-state index contributed by atoms with van der Waals surface area (Å²) < 4.78 is 17.3. The lowest BCUT2D eigenvalue weighted by Gasteiger charge is -2.32. The highest BCUT2D eigenvalue weighted by Crippen LogP contribution is 2.33. The summed E-state index contributed by atoms with van der Waals surface area (Å²) in [6.45, 7) is 7.99. The topological polar surface area (TPSA) is 64.1 Å². The molecular weight excluding hydrogens is 366 g/mol. The molecule has 0 bridgehead atoms. The molecule has 6 heteroatoms. The monoisotopic (exact) mass is 403 g/mol. The van der Waals surface area contributed by atoms with Gasteiger partial charge >= 0.3 is 0 Å². The van der Waals surface area contributed by atoms with E-state index >= 15 is 0 Å². The minimum Gasteiger partial charge on any atom is -0.381 e. The van der Waals surface area contributed by atoms with E-state index in [-0.39, 0.29) is 6.10 Å².